The van der Waals surface area contributed by atoms with Gasteiger partial charge in [-0.15, -0.1) is 0 Å². The highest BCUT2D eigenvalue weighted by molar-refractivity contribution is 9.10. The number of hydrogen-bond acceptors (Lipinski definition) is 2. The number of carboxylic acid groups (broad SMARTS) is 1. The molecule has 0 aliphatic heterocycles. The Kier molecular flexibility index (Phi) is 4.04. The number of nitrogens with one attached hydrogen (secondary N) is 2. The highest BCUT2D eigenvalue weighted by Crippen LogP contribution is 2.39. The fourth-order valence-corrected chi connectivity index (χ4v) is 2.64. The van der Waals surface area contributed by atoms with E-state index in [0.717, 1.165) is 12.8 Å². The third kappa shape index (κ3) is 3.72. The summed E-state index contributed by atoms with van der Waals surface area (Å²) in [5, 5.41) is 14.6. The van der Waals surface area contributed by atoms with Crippen LogP contribution in [0.2, 0.25) is 0 Å². The summed E-state index contributed by atoms with van der Waals surface area (Å²) in [5.41, 5.74) is 0.322. The summed E-state index contributed by atoms with van der Waals surface area (Å²) in [7, 11) is 0. The van der Waals surface area contributed by atoms with Gasteiger partial charge in [-0.3, -0.25) is 0 Å². The number of halogens is 1. The van der Waals surface area contributed by atoms with E-state index in [9.17, 15) is 9.59 Å². The molecule has 1 aliphatic carbocycles. The number of carbonyl (C=O) groups is 2. The lowest BCUT2D eigenvalue weighted by Crippen LogP contribution is -2.47. The van der Waals surface area contributed by atoms with Crippen molar-refractivity contribution in [2.45, 2.75) is 32.2 Å². The predicted octanol–water partition coefficient (Wildman–Crippen LogP) is 3.46. The largest absolute Gasteiger partial charge is 0.478 e. The van der Waals surface area contributed by atoms with Gasteiger partial charge in [0.25, 0.3) is 0 Å². The number of carboxylic acids is 1. The van der Waals surface area contributed by atoms with E-state index in [0.29, 0.717) is 16.1 Å². The number of rotatable bonds is 4. The van der Waals surface area contributed by atoms with Gasteiger partial charge in [-0.1, -0.05) is 15.9 Å². The molecule has 2 rings (SSSR count). The lowest BCUT2D eigenvalue weighted by atomic mass is 9.99. The molecule has 0 atom stereocenters. The van der Waals surface area contributed by atoms with Crippen molar-refractivity contribution in [1.82, 2.24) is 5.32 Å². The molecule has 3 N–H and O–H groups in total. The zero-order chi connectivity index (χ0) is 14.9. The zero-order valence-electron chi connectivity index (χ0n) is 11.4. The van der Waals surface area contributed by atoms with Crippen LogP contribution in [0, 0.1) is 5.92 Å². The standard InChI is InChI=1S/C14H17BrN2O3/c1-14(2,9-3-4-9)17-13(20)16-11-6-8(12(18)19)5-10(15)7-11/h5-7,9H,3-4H2,1-2H3,(H,18,19)(H2,16,17,20). The Hall–Kier alpha value is -1.56. The van der Waals surface area contributed by atoms with Crippen LogP contribution in [0.5, 0.6) is 0 Å². The van der Waals surface area contributed by atoms with Gasteiger partial charge < -0.3 is 15.7 Å². The van der Waals surface area contributed by atoms with E-state index < -0.39 is 5.97 Å². The van der Waals surface area contributed by atoms with Crippen LogP contribution in [0.25, 0.3) is 0 Å². The van der Waals surface area contributed by atoms with Gasteiger partial charge in [-0.05, 0) is 50.8 Å². The second-order valence-corrected chi connectivity index (χ2v) is 6.52. The number of benzene rings is 1. The third-order valence-corrected chi connectivity index (χ3v) is 3.89. The van der Waals surface area contributed by atoms with E-state index >= 15 is 0 Å². The number of amides is 2. The van der Waals surface area contributed by atoms with Gasteiger partial charge in [0, 0.05) is 15.7 Å². The van der Waals surface area contributed by atoms with E-state index in [-0.39, 0.29) is 17.1 Å². The van der Waals surface area contributed by atoms with Crippen molar-refractivity contribution in [2.75, 3.05) is 5.32 Å². The van der Waals surface area contributed by atoms with Crippen LogP contribution in [0.15, 0.2) is 22.7 Å². The Morgan fingerprint density at radius 1 is 1.30 bits per heavy atom. The maximum Gasteiger partial charge on any atom is 0.335 e. The molecular formula is C14H17BrN2O3. The summed E-state index contributed by atoms with van der Waals surface area (Å²) in [6.07, 6.45) is 2.26. The van der Waals surface area contributed by atoms with E-state index in [2.05, 4.69) is 26.6 Å². The van der Waals surface area contributed by atoms with Crippen molar-refractivity contribution in [3.05, 3.63) is 28.2 Å². The van der Waals surface area contributed by atoms with Gasteiger partial charge in [-0.25, -0.2) is 9.59 Å². The summed E-state index contributed by atoms with van der Waals surface area (Å²) in [6.45, 7) is 3.99. The van der Waals surface area contributed by atoms with Gasteiger partial charge in [0.1, 0.15) is 0 Å². The molecule has 0 saturated heterocycles. The van der Waals surface area contributed by atoms with Crippen molar-refractivity contribution in [3.8, 4) is 0 Å². The maximum atomic E-state index is 12.0. The second kappa shape index (κ2) is 5.44. The summed E-state index contributed by atoms with van der Waals surface area (Å²) in [4.78, 5) is 22.9. The van der Waals surface area contributed by atoms with Crippen molar-refractivity contribution >= 4 is 33.6 Å². The minimum absolute atomic E-state index is 0.121. The second-order valence-electron chi connectivity index (χ2n) is 5.61. The lowest BCUT2D eigenvalue weighted by molar-refractivity contribution is 0.0696. The van der Waals surface area contributed by atoms with Gasteiger partial charge in [0.05, 0.1) is 5.56 Å². The lowest BCUT2D eigenvalue weighted by Gasteiger charge is -2.26. The molecule has 1 aromatic carbocycles. The fraction of sp³-hybridized carbons (Fsp3) is 0.429. The first-order chi connectivity index (χ1) is 9.28. The third-order valence-electron chi connectivity index (χ3n) is 3.44. The molecule has 1 saturated carbocycles. The number of aromatic carboxylic acids is 1. The molecule has 1 aliphatic rings. The van der Waals surface area contributed by atoms with Gasteiger partial charge in [0.15, 0.2) is 0 Å². The Bertz CT molecular complexity index is 553. The van der Waals surface area contributed by atoms with Crippen LogP contribution in [-0.2, 0) is 0 Å². The van der Waals surface area contributed by atoms with Crippen LogP contribution in [-0.4, -0.2) is 22.6 Å². The minimum atomic E-state index is -1.03. The summed E-state index contributed by atoms with van der Waals surface area (Å²) in [6, 6.07) is 4.25. The number of carbonyl (C=O) groups excluding carboxylic acids is 1. The average Bonchev–Trinajstić information content (AvgIpc) is 3.10. The van der Waals surface area contributed by atoms with E-state index in [4.69, 9.17) is 5.11 Å². The first-order valence-corrected chi connectivity index (χ1v) is 7.20. The van der Waals surface area contributed by atoms with Crippen LogP contribution >= 0.6 is 15.9 Å². The first-order valence-electron chi connectivity index (χ1n) is 6.41. The molecule has 20 heavy (non-hydrogen) atoms. The van der Waals surface area contributed by atoms with Crippen LogP contribution in [0.1, 0.15) is 37.0 Å². The number of hydrogen-bond donors (Lipinski definition) is 3. The van der Waals surface area contributed by atoms with Gasteiger partial charge in [0.2, 0.25) is 0 Å². The maximum absolute atomic E-state index is 12.0. The van der Waals surface area contributed by atoms with E-state index in [1.54, 1.807) is 6.07 Å². The predicted molar refractivity (Wildman–Crippen MR) is 80.1 cm³/mol. The quantitative estimate of drug-likeness (QED) is 0.785. The molecule has 1 aromatic rings. The Labute approximate surface area is 125 Å². The monoisotopic (exact) mass is 340 g/mol. The summed E-state index contributed by atoms with van der Waals surface area (Å²) in [5.74, 6) is -0.515. The number of urea groups is 1. The molecule has 6 heteroatoms. The molecule has 0 spiro atoms. The molecule has 2 amide bonds. The van der Waals surface area contributed by atoms with Crippen molar-refractivity contribution in [3.63, 3.8) is 0 Å². The van der Waals surface area contributed by atoms with Crippen molar-refractivity contribution < 1.29 is 14.7 Å². The first kappa shape index (κ1) is 14.8. The van der Waals surface area contributed by atoms with Crippen LogP contribution in [0.4, 0.5) is 10.5 Å². The molecule has 0 bridgehead atoms. The van der Waals surface area contributed by atoms with Crippen LogP contribution < -0.4 is 10.6 Å². The van der Waals surface area contributed by atoms with Gasteiger partial charge >= 0.3 is 12.0 Å². The Morgan fingerprint density at radius 2 is 1.95 bits per heavy atom. The highest BCUT2D eigenvalue weighted by Gasteiger charge is 2.38. The molecule has 0 heterocycles. The molecule has 5 nitrogen and oxygen atoms in total. The fourth-order valence-electron chi connectivity index (χ4n) is 2.15. The van der Waals surface area contributed by atoms with Crippen molar-refractivity contribution in [2.24, 2.45) is 5.92 Å². The Morgan fingerprint density at radius 3 is 2.50 bits per heavy atom. The average molecular weight is 341 g/mol. The molecule has 1 fully saturated rings. The molecule has 0 unspecified atom stereocenters. The van der Waals surface area contributed by atoms with E-state index in [1.165, 1.54) is 12.1 Å². The van der Waals surface area contributed by atoms with E-state index in [1.807, 2.05) is 13.8 Å². The zero-order valence-corrected chi connectivity index (χ0v) is 13.0. The molecule has 0 aromatic heterocycles. The summed E-state index contributed by atoms with van der Waals surface area (Å²) >= 11 is 3.23. The smallest absolute Gasteiger partial charge is 0.335 e. The van der Waals surface area contributed by atoms with Crippen LogP contribution in [0.3, 0.4) is 0 Å². The summed E-state index contributed by atoms with van der Waals surface area (Å²) < 4.78 is 0.606. The highest BCUT2D eigenvalue weighted by atomic mass is 79.9. The number of anilines is 1. The normalized spacial score (nSPS) is 14.8. The minimum Gasteiger partial charge on any atom is -0.478 e. The SMILES string of the molecule is CC(C)(NC(=O)Nc1cc(Br)cc(C(=O)O)c1)C1CC1. The van der Waals surface area contributed by atoms with Gasteiger partial charge in [-0.2, -0.15) is 0 Å². The molecular weight excluding hydrogens is 324 g/mol. The molecule has 0 radical (unpaired) electrons. The van der Waals surface area contributed by atoms with Crippen molar-refractivity contribution in [1.29, 1.82) is 0 Å². The Balaban J connectivity index is 2.05. The topological polar surface area (TPSA) is 78.4 Å². The molecule has 108 valence electrons.